The Morgan fingerprint density at radius 3 is 2.58 bits per heavy atom. The maximum Gasteiger partial charge on any atom is 0.322 e. The molecular formula is C20H22FN3O2. The largest absolute Gasteiger partial charge is 0.326 e. The number of carbonyl (C=O) groups is 2. The van der Waals surface area contributed by atoms with Gasteiger partial charge in [0.25, 0.3) is 0 Å². The fourth-order valence-electron chi connectivity index (χ4n) is 2.85. The first kappa shape index (κ1) is 17.9. The molecule has 6 heteroatoms. The zero-order chi connectivity index (χ0) is 18.7. The van der Waals surface area contributed by atoms with E-state index in [0.717, 1.165) is 24.0 Å². The van der Waals surface area contributed by atoms with Gasteiger partial charge in [-0.1, -0.05) is 29.8 Å². The van der Waals surface area contributed by atoms with E-state index >= 15 is 0 Å². The number of anilines is 2. The molecule has 0 atom stereocenters. The zero-order valence-electron chi connectivity index (χ0n) is 14.9. The first-order valence-corrected chi connectivity index (χ1v) is 8.62. The Morgan fingerprint density at radius 1 is 1.15 bits per heavy atom. The number of nitrogens with one attached hydrogen (secondary N) is 2. The average molecular weight is 355 g/mol. The number of rotatable bonds is 5. The van der Waals surface area contributed by atoms with Crippen LogP contribution in [0.3, 0.4) is 0 Å². The number of hydrogen-bond donors (Lipinski definition) is 2. The Morgan fingerprint density at radius 2 is 1.92 bits per heavy atom. The third-order valence-corrected chi connectivity index (χ3v) is 4.21. The van der Waals surface area contributed by atoms with Crippen LogP contribution in [0.15, 0.2) is 42.5 Å². The van der Waals surface area contributed by atoms with Gasteiger partial charge in [-0.05, 0) is 43.5 Å². The Labute approximate surface area is 152 Å². The highest BCUT2D eigenvalue weighted by Crippen LogP contribution is 2.30. The summed E-state index contributed by atoms with van der Waals surface area (Å²) in [5.74, 6) is -0.799. The Hall–Kier alpha value is -2.89. The standard InChI is InChI=1S/C20H22FN3O2/c1-13-4-3-5-15(10-13)12-24(17-7-8-17)20(26)23-19-11-16(22-14(2)25)6-9-18(19)21/h3-6,9-11,17H,7-8,12H2,1-2H3,(H,22,25)(H,23,26). The number of halogens is 1. The van der Waals surface area contributed by atoms with Gasteiger partial charge in [0.05, 0.1) is 5.69 Å². The molecule has 0 spiro atoms. The topological polar surface area (TPSA) is 61.4 Å². The van der Waals surface area contributed by atoms with E-state index in [0.29, 0.717) is 12.2 Å². The van der Waals surface area contributed by atoms with Crippen molar-refractivity contribution in [2.24, 2.45) is 0 Å². The molecule has 26 heavy (non-hydrogen) atoms. The van der Waals surface area contributed by atoms with Crippen LogP contribution in [0.1, 0.15) is 30.9 Å². The molecule has 136 valence electrons. The summed E-state index contributed by atoms with van der Waals surface area (Å²) in [6, 6.07) is 11.9. The van der Waals surface area contributed by atoms with Crippen molar-refractivity contribution in [1.82, 2.24) is 4.90 Å². The van der Waals surface area contributed by atoms with Crippen molar-refractivity contribution in [3.63, 3.8) is 0 Å². The summed E-state index contributed by atoms with van der Waals surface area (Å²) in [7, 11) is 0. The molecule has 2 aromatic rings. The van der Waals surface area contributed by atoms with Crippen LogP contribution in [-0.2, 0) is 11.3 Å². The highest BCUT2D eigenvalue weighted by Gasteiger charge is 2.33. The predicted octanol–water partition coefficient (Wildman–Crippen LogP) is 4.29. The van der Waals surface area contributed by atoms with Gasteiger partial charge in [0, 0.05) is 25.2 Å². The van der Waals surface area contributed by atoms with Gasteiger partial charge >= 0.3 is 6.03 Å². The number of hydrogen-bond acceptors (Lipinski definition) is 2. The van der Waals surface area contributed by atoms with E-state index < -0.39 is 5.82 Å². The lowest BCUT2D eigenvalue weighted by atomic mass is 10.1. The molecule has 0 radical (unpaired) electrons. The number of amides is 3. The van der Waals surface area contributed by atoms with E-state index in [1.54, 1.807) is 4.90 Å². The minimum atomic E-state index is -0.543. The Balaban J connectivity index is 1.75. The summed E-state index contributed by atoms with van der Waals surface area (Å²) in [5, 5.41) is 5.23. The van der Waals surface area contributed by atoms with E-state index in [9.17, 15) is 14.0 Å². The summed E-state index contributed by atoms with van der Waals surface area (Å²) in [5.41, 5.74) is 2.66. The predicted molar refractivity (Wildman–Crippen MR) is 99.5 cm³/mol. The molecule has 1 fully saturated rings. The van der Waals surface area contributed by atoms with Crippen molar-refractivity contribution in [2.45, 2.75) is 39.3 Å². The lowest BCUT2D eigenvalue weighted by molar-refractivity contribution is -0.114. The van der Waals surface area contributed by atoms with Gasteiger partial charge in [0.1, 0.15) is 5.82 Å². The molecule has 3 rings (SSSR count). The van der Waals surface area contributed by atoms with Crippen LogP contribution >= 0.6 is 0 Å². The quantitative estimate of drug-likeness (QED) is 0.840. The molecule has 0 aliphatic heterocycles. The van der Waals surface area contributed by atoms with Crippen molar-refractivity contribution in [3.05, 3.63) is 59.4 Å². The van der Waals surface area contributed by atoms with Gasteiger partial charge in [-0.25, -0.2) is 9.18 Å². The molecular weight excluding hydrogens is 333 g/mol. The number of nitrogens with zero attached hydrogens (tertiary/aromatic N) is 1. The van der Waals surface area contributed by atoms with Crippen LogP contribution < -0.4 is 10.6 Å². The maximum atomic E-state index is 14.1. The van der Waals surface area contributed by atoms with Crippen LogP contribution in [0, 0.1) is 12.7 Å². The first-order chi connectivity index (χ1) is 12.4. The Bertz CT molecular complexity index is 834. The van der Waals surface area contributed by atoms with Gasteiger partial charge in [0.2, 0.25) is 5.91 Å². The van der Waals surface area contributed by atoms with E-state index in [2.05, 4.69) is 10.6 Å². The van der Waals surface area contributed by atoms with Gasteiger partial charge in [-0.3, -0.25) is 4.79 Å². The van der Waals surface area contributed by atoms with E-state index in [-0.39, 0.29) is 23.7 Å². The lowest BCUT2D eigenvalue weighted by Crippen LogP contribution is -2.36. The molecule has 0 saturated heterocycles. The van der Waals surface area contributed by atoms with E-state index in [4.69, 9.17) is 0 Å². The van der Waals surface area contributed by atoms with Crippen LogP contribution in [0.4, 0.5) is 20.6 Å². The summed E-state index contributed by atoms with van der Waals surface area (Å²) in [6.07, 6.45) is 1.90. The van der Waals surface area contributed by atoms with Crippen LogP contribution in [-0.4, -0.2) is 22.9 Å². The third-order valence-electron chi connectivity index (χ3n) is 4.21. The second-order valence-electron chi connectivity index (χ2n) is 6.65. The summed E-state index contributed by atoms with van der Waals surface area (Å²) in [4.78, 5) is 25.6. The van der Waals surface area contributed by atoms with Crippen LogP contribution in [0.2, 0.25) is 0 Å². The molecule has 2 aromatic carbocycles. The molecule has 0 bridgehead atoms. The first-order valence-electron chi connectivity index (χ1n) is 8.62. The van der Waals surface area contributed by atoms with E-state index in [1.165, 1.54) is 25.1 Å². The van der Waals surface area contributed by atoms with Gasteiger partial charge in [-0.15, -0.1) is 0 Å². The number of carbonyl (C=O) groups excluding carboxylic acids is 2. The number of aryl methyl sites for hydroxylation is 1. The minimum absolute atomic E-state index is 0.0520. The molecule has 0 unspecified atom stereocenters. The lowest BCUT2D eigenvalue weighted by Gasteiger charge is -2.23. The van der Waals surface area contributed by atoms with E-state index in [1.807, 2.05) is 31.2 Å². The molecule has 1 saturated carbocycles. The van der Waals surface area contributed by atoms with Crippen molar-refractivity contribution >= 4 is 23.3 Å². The molecule has 2 N–H and O–H groups in total. The number of urea groups is 1. The number of benzene rings is 2. The maximum absolute atomic E-state index is 14.1. The Kier molecular flexibility index (Phi) is 5.21. The fourth-order valence-corrected chi connectivity index (χ4v) is 2.85. The van der Waals surface area contributed by atoms with Crippen LogP contribution in [0.25, 0.3) is 0 Å². The van der Waals surface area contributed by atoms with Gasteiger partial charge in [0.15, 0.2) is 0 Å². The monoisotopic (exact) mass is 355 g/mol. The SMILES string of the molecule is CC(=O)Nc1ccc(F)c(NC(=O)N(Cc2cccc(C)c2)C2CC2)c1. The van der Waals surface area contributed by atoms with Crippen molar-refractivity contribution in [2.75, 3.05) is 10.6 Å². The third kappa shape index (κ3) is 4.59. The molecule has 3 amide bonds. The highest BCUT2D eigenvalue weighted by atomic mass is 19.1. The van der Waals surface area contributed by atoms with Gasteiger partial charge < -0.3 is 15.5 Å². The minimum Gasteiger partial charge on any atom is -0.326 e. The summed E-state index contributed by atoms with van der Waals surface area (Å²) >= 11 is 0. The van der Waals surface area contributed by atoms with Crippen molar-refractivity contribution in [1.29, 1.82) is 0 Å². The van der Waals surface area contributed by atoms with Gasteiger partial charge in [-0.2, -0.15) is 0 Å². The normalized spacial score (nSPS) is 13.2. The molecule has 1 aliphatic rings. The molecule has 5 nitrogen and oxygen atoms in total. The smallest absolute Gasteiger partial charge is 0.322 e. The highest BCUT2D eigenvalue weighted by molar-refractivity contribution is 5.93. The molecule has 0 heterocycles. The summed E-state index contributed by atoms with van der Waals surface area (Å²) in [6.45, 7) is 3.86. The average Bonchev–Trinajstić information content (AvgIpc) is 3.40. The zero-order valence-corrected chi connectivity index (χ0v) is 14.9. The van der Waals surface area contributed by atoms with Crippen LogP contribution in [0.5, 0.6) is 0 Å². The van der Waals surface area contributed by atoms with Crippen molar-refractivity contribution < 1.29 is 14.0 Å². The second kappa shape index (κ2) is 7.56. The van der Waals surface area contributed by atoms with Crippen molar-refractivity contribution in [3.8, 4) is 0 Å². The summed E-state index contributed by atoms with van der Waals surface area (Å²) < 4.78 is 14.1. The molecule has 0 aromatic heterocycles. The fraction of sp³-hybridized carbons (Fsp3) is 0.300. The molecule has 1 aliphatic carbocycles. The second-order valence-corrected chi connectivity index (χ2v) is 6.65.